The predicted octanol–water partition coefficient (Wildman–Crippen LogP) is -6.44. The predicted molar refractivity (Wildman–Crippen MR) is 196 cm³/mol. The Hall–Kier alpha value is -0.960. The van der Waals surface area contributed by atoms with E-state index in [0.29, 0.717) is 0 Å². The summed E-state index contributed by atoms with van der Waals surface area (Å²) in [4.78, 5) is 12.2. The zero-order chi connectivity index (χ0) is 44.8. The number of carbonyl (C=O) groups excluding carboxylic acids is 1. The highest BCUT2D eigenvalue weighted by atomic mass is 35.6. The van der Waals surface area contributed by atoms with Gasteiger partial charge in [0, 0.05) is 5.92 Å². The summed E-state index contributed by atoms with van der Waals surface area (Å²) in [5.74, 6) is -0.972. The Morgan fingerprint density at radius 3 is 1.62 bits per heavy atom. The van der Waals surface area contributed by atoms with Crippen LogP contribution in [0.3, 0.4) is 0 Å². The van der Waals surface area contributed by atoms with Crippen LogP contribution in [0.1, 0.15) is 6.92 Å². The lowest BCUT2D eigenvalue weighted by atomic mass is 9.92. The van der Waals surface area contributed by atoms with Crippen molar-refractivity contribution in [2.45, 2.75) is 140 Å². The second-order valence-electron chi connectivity index (χ2n) is 14.5. The molecule has 0 saturated carbocycles. The molecule has 1 amide bonds. The molecular weight excluding hydrogens is 885 g/mol. The van der Waals surface area contributed by atoms with Gasteiger partial charge in [0.1, 0.15) is 92.1 Å². The summed E-state index contributed by atoms with van der Waals surface area (Å²) in [6, 6.07) is -1.30. The van der Waals surface area contributed by atoms with E-state index in [1.54, 1.807) is 0 Å². The highest BCUT2D eigenvalue weighted by Gasteiger charge is 2.55. The lowest BCUT2D eigenvalue weighted by molar-refractivity contribution is -0.387. The zero-order valence-corrected chi connectivity index (χ0v) is 34.0. The Kier molecular flexibility index (Phi) is 19.6. The third-order valence-electron chi connectivity index (χ3n) is 10.3. The Balaban J connectivity index is 1.41. The van der Waals surface area contributed by atoms with Gasteiger partial charge in [-0.3, -0.25) is 0 Å². The summed E-state index contributed by atoms with van der Waals surface area (Å²) in [5, 5.41) is 139. The average Bonchev–Trinajstić information content (AvgIpc) is 3.22. The maximum atomic E-state index is 12.2. The number of aliphatic hydroxyl groups is 13. The lowest BCUT2D eigenvalue weighted by Crippen LogP contribution is -2.67. The van der Waals surface area contributed by atoms with Crippen LogP contribution in [0.5, 0.6) is 0 Å². The highest BCUT2D eigenvalue weighted by Crippen LogP contribution is 2.35. The van der Waals surface area contributed by atoms with Crippen LogP contribution >= 0.6 is 34.8 Å². The van der Waals surface area contributed by atoms with Crippen molar-refractivity contribution in [3.63, 3.8) is 0 Å². The fourth-order valence-electron chi connectivity index (χ4n) is 6.79. The molecule has 4 heterocycles. The Morgan fingerprint density at radius 1 is 0.650 bits per heavy atom. The van der Waals surface area contributed by atoms with Crippen LogP contribution in [0.2, 0.25) is 0 Å². The molecule has 0 spiro atoms. The Morgan fingerprint density at radius 2 is 1.10 bits per heavy atom. The molecule has 4 rings (SSSR count). The quantitative estimate of drug-likeness (QED) is 0.0476. The molecular formula is C33H54Cl3NO23. The number of halogens is 3. The second kappa shape index (κ2) is 22.8. The fraction of sp³-hybridized carbons (Fsp3) is 0.909. The first-order chi connectivity index (χ1) is 28.2. The fourth-order valence-corrected chi connectivity index (χ4v) is 6.95. The Labute approximate surface area is 357 Å². The molecule has 0 aliphatic carbocycles. The number of alkyl carbamates (subject to hydrolysis) is 1. The van der Waals surface area contributed by atoms with E-state index in [0.717, 1.165) is 6.08 Å². The van der Waals surface area contributed by atoms with Gasteiger partial charge in [0.15, 0.2) is 25.2 Å². The van der Waals surface area contributed by atoms with E-state index in [1.807, 2.05) is 0 Å². The summed E-state index contributed by atoms with van der Waals surface area (Å²) in [6.07, 6.45) is -34.4. The van der Waals surface area contributed by atoms with Gasteiger partial charge in [-0.2, -0.15) is 0 Å². The number of ether oxygens (including phenoxy) is 9. The van der Waals surface area contributed by atoms with Gasteiger partial charge < -0.3 is 114 Å². The van der Waals surface area contributed by atoms with Gasteiger partial charge in [-0.15, -0.1) is 6.58 Å². The number of amides is 1. The van der Waals surface area contributed by atoms with Crippen molar-refractivity contribution in [3.8, 4) is 0 Å². The van der Waals surface area contributed by atoms with E-state index in [9.17, 15) is 71.2 Å². The maximum absolute atomic E-state index is 12.2. The maximum Gasteiger partial charge on any atom is 0.407 e. The number of rotatable bonds is 17. The van der Waals surface area contributed by atoms with E-state index in [1.165, 1.54) is 6.92 Å². The molecule has 350 valence electrons. The number of hydrogen-bond donors (Lipinski definition) is 14. The van der Waals surface area contributed by atoms with Crippen molar-refractivity contribution in [2.24, 2.45) is 5.92 Å². The van der Waals surface area contributed by atoms with E-state index in [4.69, 9.17) is 77.4 Å². The van der Waals surface area contributed by atoms with Crippen molar-refractivity contribution >= 4 is 40.9 Å². The monoisotopic (exact) mass is 937 g/mol. The molecule has 4 aliphatic heterocycles. The molecule has 24 nitrogen and oxygen atoms in total. The van der Waals surface area contributed by atoms with Gasteiger partial charge in [0.05, 0.1) is 51.3 Å². The highest BCUT2D eigenvalue weighted by molar-refractivity contribution is 6.67. The van der Waals surface area contributed by atoms with Gasteiger partial charge in [0.25, 0.3) is 0 Å². The molecule has 0 radical (unpaired) electrons. The summed E-state index contributed by atoms with van der Waals surface area (Å²) >= 11 is 16.7. The van der Waals surface area contributed by atoms with Crippen LogP contribution in [0.4, 0.5) is 4.79 Å². The molecule has 4 aliphatic rings. The van der Waals surface area contributed by atoms with E-state index >= 15 is 0 Å². The van der Waals surface area contributed by atoms with E-state index in [-0.39, 0.29) is 0 Å². The van der Waals surface area contributed by atoms with Gasteiger partial charge >= 0.3 is 6.09 Å². The number of nitrogens with one attached hydrogen (secondary N) is 1. The van der Waals surface area contributed by atoms with Gasteiger partial charge in [-0.25, -0.2) is 4.79 Å². The topological polar surface area (TPSA) is 375 Å². The van der Waals surface area contributed by atoms with Crippen LogP contribution in [-0.2, 0) is 42.6 Å². The first-order valence-electron chi connectivity index (χ1n) is 18.6. The second-order valence-corrected chi connectivity index (χ2v) is 17.0. The molecule has 14 N–H and O–H groups in total. The minimum absolute atomic E-state index is 0.612. The van der Waals surface area contributed by atoms with Crippen molar-refractivity contribution in [1.29, 1.82) is 0 Å². The first-order valence-corrected chi connectivity index (χ1v) is 19.7. The van der Waals surface area contributed by atoms with Crippen LogP contribution in [0.25, 0.3) is 0 Å². The zero-order valence-electron chi connectivity index (χ0n) is 31.8. The average molecular weight is 939 g/mol. The summed E-state index contributed by atoms with van der Waals surface area (Å²) < 4.78 is 47.8. The minimum Gasteiger partial charge on any atom is -0.445 e. The molecule has 0 bridgehead atoms. The first kappa shape index (κ1) is 51.7. The minimum atomic E-state index is -2.09. The molecule has 4 saturated heterocycles. The van der Waals surface area contributed by atoms with Crippen LogP contribution < -0.4 is 5.32 Å². The molecule has 0 aromatic heterocycles. The molecule has 4 fully saturated rings. The Bertz CT molecular complexity index is 1340. The van der Waals surface area contributed by atoms with Gasteiger partial charge in [0.2, 0.25) is 3.79 Å². The molecule has 60 heavy (non-hydrogen) atoms. The molecule has 22 atom stereocenters. The van der Waals surface area contributed by atoms with Crippen molar-refractivity contribution in [2.75, 3.05) is 39.6 Å². The number of hydrogen-bond acceptors (Lipinski definition) is 23. The van der Waals surface area contributed by atoms with Crippen LogP contribution in [0.15, 0.2) is 12.7 Å². The van der Waals surface area contributed by atoms with Gasteiger partial charge in [-0.05, 0) is 0 Å². The summed E-state index contributed by atoms with van der Waals surface area (Å²) in [5.41, 5.74) is 0. The molecule has 0 aromatic rings. The largest absolute Gasteiger partial charge is 0.445 e. The smallest absolute Gasteiger partial charge is 0.407 e. The van der Waals surface area contributed by atoms with Crippen LogP contribution in [-0.4, -0.2) is 245 Å². The number of aliphatic hydroxyl groups excluding tert-OH is 13. The third-order valence-corrected chi connectivity index (χ3v) is 10.6. The molecule has 27 heteroatoms. The van der Waals surface area contributed by atoms with Crippen LogP contribution in [0, 0.1) is 5.92 Å². The van der Waals surface area contributed by atoms with Gasteiger partial charge in [-0.1, -0.05) is 47.8 Å². The van der Waals surface area contributed by atoms with E-state index < -0.39 is 184 Å². The van der Waals surface area contributed by atoms with Crippen molar-refractivity contribution in [3.05, 3.63) is 12.7 Å². The lowest BCUT2D eigenvalue weighted by Gasteiger charge is -2.49. The van der Waals surface area contributed by atoms with E-state index in [2.05, 4.69) is 11.9 Å². The molecule has 0 aromatic carbocycles. The van der Waals surface area contributed by atoms with Crippen molar-refractivity contribution in [1.82, 2.24) is 5.32 Å². The summed E-state index contributed by atoms with van der Waals surface area (Å²) in [6.45, 7) is 0.129. The standard InChI is InChI=1S/C33H54Cl3NO23/c1-3-12(42)11(37-32(51)53-9-33(34,35)36)8-52-29-22(48)20(46)25(15(6-40)56-29)58-30-23(49)21(47)26(16(7-41)57-30)59-31-24(50)27(19(45)14(5-39)55-31)60-28-10(2)17(43)18(44)13(4-38)54-28/h3,10-31,38-50H,1,4-9H2,2H3,(H,37,51)/t10?,11-,12+,13?,14?,15?,16?,17+,18-,19-,20+,21+,22?,23?,24?,25+,26-,27-,28-,29+,30-,31+/m0/s1. The summed E-state index contributed by atoms with van der Waals surface area (Å²) in [7, 11) is 0. The normalized spacial score (nSPS) is 43.8. The SMILES string of the molecule is C=C[C@@H](O)[C@H](CO[C@@H]1OC(CO)[C@@H](O[C@@H]2OC(CO)[C@H](O[C@H]3OC(CO)[C@H](O)[C@H](O[C@@H]4OC(CO)[C@H](O)[C@H](O)C4C)C3O)[C@H](O)C2O)[C@H](O)C1O)NC(=O)OCC(Cl)(Cl)Cl. The molecule has 8 unspecified atom stereocenters. The third kappa shape index (κ3) is 12.4. The number of carbonyl (C=O) groups is 1. The van der Waals surface area contributed by atoms with Crippen molar-refractivity contribution < 1.29 is 114 Å². The number of alkyl halides is 3.